The smallest absolute Gasteiger partial charge is 0.422 e. The van der Waals surface area contributed by atoms with Crippen molar-refractivity contribution in [1.82, 2.24) is 10.3 Å². The molecule has 0 aliphatic carbocycles. The molecule has 3 nitrogen and oxygen atoms in total. The normalized spacial score (nSPS) is 13.6. The summed E-state index contributed by atoms with van der Waals surface area (Å²) in [5.74, 6) is 0.552. The topological polar surface area (TPSA) is 34.1 Å². The van der Waals surface area contributed by atoms with Gasteiger partial charge in [-0.2, -0.15) is 13.2 Å². The number of halogens is 3. The van der Waals surface area contributed by atoms with Crippen LogP contribution >= 0.6 is 0 Å². The van der Waals surface area contributed by atoms with E-state index in [9.17, 15) is 13.2 Å². The first-order valence-electron chi connectivity index (χ1n) is 10.3. The van der Waals surface area contributed by atoms with Crippen LogP contribution in [0.15, 0.2) is 48.7 Å². The molecule has 1 aromatic carbocycles. The summed E-state index contributed by atoms with van der Waals surface area (Å²) in [7, 11) is 0. The summed E-state index contributed by atoms with van der Waals surface area (Å²) < 4.78 is 41.5. The Hall–Kier alpha value is -2.76. The third-order valence-corrected chi connectivity index (χ3v) is 5.44. The molecule has 0 amide bonds. The zero-order valence-electron chi connectivity index (χ0n) is 19.0. The van der Waals surface area contributed by atoms with Gasteiger partial charge in [0.05, 0.1) is 17.9 Å². The molecule has 0 aliphatic heterocycles. The molecule has 1 unspecified atom stereocenters. The minimum absolute atomic E-state index is 0.0815. The van der Waals surface area contributed by atoms with Gasteiger partial charge >= 0.3 is 6.18 Å². The van der Waals surface area contributed by atoms with Crippen molar-refractivity contribution in [3.8, 4) is 5.75 Å². The van der Waals surface area contributed by atoms with Crippen LogP contribution in [0.2, 0.25) is 0 Å². The molecule has 168 valence electrons. The molecule has 0 saturated heterocycles. The molecule has 2 rings (SSSR count). The Morgan fingerprint density at radius 3 is 2.35 bits per heavy atom. The first-order valence-corrected chi connectivity index (χ1v) is 10.3. The lowest BCUT2D eigenvalue weighted by Gasteiger charge is -2.19. The van der Waals surface area contributed by atoms with Gasteiger partial charge in [-0.3, -0.25) is 4.98 Å². The molecule has 1 atom stereocenters. The van der Waals surface area contributed by atoms with Gasteiger partial charge in [-0.25, -0.2) is 0 Å². The van der Waals surface area contributed by atoms with Crippen molar-refractivity contribution in [2.75, 3.05) is 6.61 Å². The third kappa shape index (κ3) is 6.88. The summed E-state index contributed by atoms with van der Waals surface area (Å²) in [5.41, 5.74) is 7.44. The Labute approximate surface area is 183 Å². The van der Waals surface area contributed by atoms with Crippen LogP contribution in [0.5, 0.6) is 5.75 Å². The van der Waals surface area contributed by atoms with Gasteiger partial charge < -0.3 is 10.1 Å². The van der Waals surface area contributed by atoms with Crippen LogP contribution in [0.1, 0.15) is 63.0 Å². The molecule has 0 radical (unpaired) electrons. The molecule has 1 N–H and O–H groups in total. The molecule has 1 heterocycles. The quantitative estimate of drug-likeness (QED) is 0.483. The van der Waals surface area contributed by atoms with Crippen molar-refractivity contribution in [3.05, 3.63) is 71.1 Å². The highest BCUT2D eigenvalue weighted by Gasteiger charge is 2.28. The number of pyridine rings is 1. The standard InChI is InChI=1S/C25H31F3N2O/c1-15(2)17(4)18(5)23-12-21(9-8-16(23)3)19(6)30-20(7)24-11-10-22(13-29-24)31-14-25(26,27)28/h8-13,15,20,30H,6,14H2,1-5,7H3/b18-17-. The highest BCUT2D eigenvalue weighted by Crippen LogP contribution is 2.28. The molecule has 6 heteroatoms. The largest absolute Gasteiger partial charge is 0.483 e. The summed E-state index contributed by atoms with van der Waals surface area (Å²) in [6.45, 7) is 15.5. The molecule has 2 aromatic rings. The zero-order chi connectivity index (χ0) is 23.3. The van der Waals surface area contributed by atoms with Crippen molar-refractivity contribution in [1.29, 1.82) is 0 Å². The maximum Gasteiger partial charge on any atom is 0.422 e. The van der Waals surface area contributed by atoms with Crippen molar-refractivity contribution in [3.63, 3.8) is 0 Å². The predicted molar refractivity (Wildman–Crippen MR) is 121 cm³/mol. The van der Waals surface area contributed by atoms with Crippen LogP contribution in [0.25, 0.3) is 11.3 Å². The molecule has 31 heavy (non-hydrogen) atoms. The number of allylic oxidation sites excluding steroid dienone is 2. The van der Waals surface area contributed by atoms with E-state index in [2.05, 4.69) is 63.6 Å². The summed E-state index contributed by atoms with van der Waals surface area (Å²) >= 11 is 0. The van der Waals surface area contributed by atoms with Gasteiger partial charge in [0.2, 0.25) is 0 Å². The van der Waals surface area contributed by atoms with Gasteiger partial charge in [0.1, 0.15) is 5.75 Å². The van der Waals surface area contributed by atoms with E-state index in [-0.39, 0.29) is 11.8 Å². The van der Waals surface area contributed by atoms with Crippen LogP contribution < -0.4 is 10.1 Å². The van der Waals surface area contributed by atoms with Gasteiger partial charge in [0.15, 0.2) is 6.61 Å². The minimum Gasteiger partial charge on any atom is -0.483 e. The number of aromatic nitrogens is 1. The van der Waals surface area contributed by atoms with Crippen molar-refractivity contribution >= 4 is 11.3 Å². The lowest BCUT2D eigenvalue weighted by molar-refractivity contribution is -0.153. The third-order valence-electron chi connectivity index (χ3n) is 5.44. The summed E-state index contributed by atoms with van der Waals surface area (Å²) in [5, 5.41) is 3.33. The fraction of sp³-hybridized carbons (Fsp3) is 0.400. The number of alkyl halides is 3. The minimum atomic E-state index is -4.38. The van der Waals surface area contributed by atoms with E-state index < -0.39 is 12.8 Å². The van der Waals surface area contributed by atoms with Gasteiger partial charge in [0.25, 0.3) is 0 Å². The molecule has 0 saturated carbocycles. The van der Waals surface area contributed by atoms with E-state index in [4.69, 9.17) is 4.74 Å². The molecule has 0 fully saturated rings. The number of nitrogens with one attached hydrogen (secondary N) is 1. The second-order valence-electron chi connectivity index (χ2n) is 8.16. The molecule has 0 bridgehead atoms. The summed E-state index contributed by atoms with van der Waals surface area (Å²) in [4.78, 5) is 4.23. The van der Waals surface area contributed by atoms with Crippen molar-refractivity contribution < 1.29 is 17.9 Å². The van der Waals surface area contributed by atoms with E-state index in [1.165, 1.54) is 34.5 Å². The fourth-order valence-corrected chi connectivity index (χ4v) is 3.18. The molecular formula is C25H31F3N2O. The average Bonchev–Trinajstić information content (AvgIpc) is 2.71. The monoisotopic (exact) mass is 432 g/mol. The number of benzene rings is 1. The fourth-order valence-electron chi connectivity index (χ4n) is 3.18. The van der Waals surface area contributed by atoms with Crippen LogP contribution in [-0.2, 0) is 0 Å². The van der Waals surface area contributed by atoms with Gasteiger partial charge in [-0.05, 0) is 74.1 Å². The molecule has 0 aliphatic rings. The summed E-state index contributed by atoms with van der Waals surface area (Å²) in [6.07, 6.45) is -3.08. The maximum absolute atomic E-state index is 12.3. The highest BCUT2D eigenvalue weighted by atomic mass is 19.4. The Morgan fingerprint density at radius 2 is 1.81 bits per heavy atom. The van der Waals surface area contributed by atoms with Gasteiger partial charge in [-0.1, -0.05) is 38.1 Å². The number of hydrogen-bond acceptors (Lipinski definition) is 3. The SMILES string of the molecule is C=C(NC(C)c1ccc(OCC(F)(F)F)cn1)c1ccc(C)c(/C(C)=C(/C)C(C)C)c1. The number of nitrogens with zero attached hydrogens (tertiary/aromatic N) is 1. The van der Waals surface area contributed by atoms with Crippen molar-refractivity contribution in [2.24, 2.45) is 5.92 Å². The number of ether oxygens (including phenoxy) is 1. The molecular weight excluding hydrogens is 401 g/mol. The van der Waals surface area contributed by atoms with E-state index >= 15 is 0 Å². The summed E-state index contributed by atoms with van der Waals surface area (Å²) in [6, 6.07) is 9.21. The van der Waals surface area contributed by atoms with E-state index in [0.717, 1.165) is 11.3 Å². The Bertz CT molecular complexity index is 944. The van der Waals surface area contributed by atoms with E-state index in [0.29, 0.717) is 11.6 Å². The van der Waals surface area contributed by atoms with Crippen LogP contribution in [-0.4, -0.2) is 17.8 Å². The van der Waals surface area contributed by atoms with Gasteiger partial charge in [-0.15, -0.1) is 0 Å². The van der Waals surface area contributed by atoms with E-state index in [1.807, 2.05) is 13.0 Å². The lowest BCUT2D eigenvalue weighted by atomic mass is 9.91. The molecule has 1 aromatic heterocycles. The number of rotatable bonds is 8. The number of aryl methyl sites for hydroxylation is 1. The Balaban J connectivity index is 2.13. The zero-order valence-corrected chi connectivity index (χ0v) is 19.0. The second kappa shape index (κ2) is 10.0. The lowest BCUT2D eigenvalue weighted by Crippen LogP contribution is -2.20. The van der Waals surface area contributed by atoms with Crippen LogP contribution in [0.4, 0.5) is 13.2 Å². The second-order valence-corrected chi connectivity index (χ2v) is 8.16. The first-order chi connectivity index (χ1) is 14.4. The Kier molecular flexibility index (Phi) is 7.93. The first kappa shape index (κ1) is 24.5. The van der Waals surface area contributed by atoms with Gasteiger partial charge in [0, 0.05) is 5.70 Å². The average molecular weight is 433 g/mol. The maximum atomic E-state index is 12.3. The molecule has 0 spiro atoms. The predicted octanol–water partition coefficient (Wildman–Crippen LogP) is 7.10. The number of hydrogen-bond donors (Lipinski definition) is 1. The Morgan fingerprint density at radius 1 is 1.13 bits per heavy atom. The van der Waals surface area contributed by atoms with E-state index in [1.54, 1.807) is 6.07 Å². The van der Waals surface area contributed by atoms with Crippen LogP contribution in [0.3, 0.4) is 0 Å². The van der Waals surface area contributed by atoms with Crippen molar-refractivity contribution in [2.45, 2.75) is 53.8 Å². The highest BCUT2D eigenvalue weighted by molar-refractivity contribution is 5.74. The van der Waals surface area contributed by atoms with Crippen LogP contribution in [0, 0.1) is 12.8 Å².